The SMILES string of the molecule is COc1ccc(NC(=O)N(C)C[C@H]2OCCCC[C@H](C)Oc3ccc(NS(=O)(=O)c4cccs4)cc3C(=O)N([C@@H](C)CO)C[C@@H]2C)cc1. The zero-order valence-electron chi connectivity index (χ0n) is 28.0. The second-order valence-corrected chi connectivity index (χ2v) is 14.9. The minimum atomic E-state index is -3.86. The molecule has 1 aliphatic heterocycles. The topological polar surface area (TPSA) is 147 Å². The predicted octanol–water partition coefficient (Wildman–Crippen LogP) is 5.52. The third kappa shape index (κ3) is 9.84. The lowest BCUT2D eigenvalue weighted by Gasteiger charge is -2.35. The van der Waals surface area contributed by atoms with Crippen LogP contribution in [0.5, 0.6) is 11.5 Å². The molecule has 0 fully saturated rings. The molecule has 0 spiro atoms. The molecule has 0 aliphatic carbocycles. The summed E-state index contributed by atoms with van der Waals surface area (Å²) < 4.78 is 46.5. The van der Waals surface area contributed by atoms with E-state index in [-0.39, 0.29) is 53.2 Å². The van der Waals surface area contributed by atoms with Gasteiger partial charge in [-0.15, -0.1) is 11.3 Å². The molecular formula is C34H46N4O8S2. The average Bonchev–Trinajstić information content (AvgIpc) is 3.63. The summed E-state index contributed by atoms with van der Waals surface area (Å²) in [5.74, 6) is 0.322. The van der Waals surface area contributed by atoms with Crippen LogP contribution < -0.4 is 19.5 Å². The van der Waals surface area contributed by atoms with Crippen LogP contribution >= 0.6 is 11.3 Å². The number of hydrogen-bond acceptors (Lipinski definition) is 9. The Hall–Kier alpha value is -3.85. The largest absolute Gasteiger partial charge is 0.497 e. The van der Waals surface area contributed by atoms with Gasteiger partial charge in [0, 0.05) is 44.0 Å². The molecule has 1 aromatic heterocycles. The summed E-state index contributed by atoms with van der Waals surface area (Å²) in [6.45, 7) is 6.22. The Kier molecular flexibility index (Phi) is 13.1. The number of nitrogens with zero attached hydrogens (tertiary/aromatic N) is 2. The first-order valence-corrected chi connectivity index (χ1v) is 18.3. The second kappa shape index (κ2) is 17.0. The second-order valence-electron chi connectivity index (χ2n) is 12.1. The highest BCUT2D eigenvalue weighted by Gasteiger charge is 2.31. The summed E-state index contributed by atoms with van der Waals surface area (Å²) >= 11 is 1.09. The summed E-state index contributed by atoms with van der Waals surface area (Å²) in [5.41, 5.74) is 1.00. The minimum absolute atomic E-state index is 0.150. The molecule has 48 heavy (non-hydrogen) atoms. The van der Waals surface area contributed by atoms with Crippen molar-refractivity contribution in [2.45, 2.75) is 62.5 Å². The van der Waals surface area contributed by atoms with Gasteiger partial charge in [0.25, 0.3) is 15.9 Å². The predicted molar refractivity (Wildman–Crippen MR) is 187 cm³/mol. The first-order chi connectivity index (χ1) is 22.9. The van der Waals surface area contributed by atoms with Gasteiger partial charge in [0.2, 0.25) is 0 Å². The Morgan fingerprint density at radius 2 is 1.88 bits per heavy atom. The van der Waals surface area contributed by atoms with Gasteiger partial charge in [0.05, 0.1) is 37.5 Å². The third-order valence-electron chi connectivity index (χ3n) is 8.21. The van der Waals surface area contributed by atoms with Crippen molar-refractivity contribution in [3.8, 4) is 11.5 Å². The number of likely N-dealkylation sites (N-methyl/N-ethyl adjacent to an activating group) is 1. The van der Waals surface area contributed by atoms with Gasteiger partial charge in [0.15, 0.2) is 0 Å². The van der Waals surface area contributed by atoms with Crippen molar-refractivity contribution in [3.05, 3.63) is 65.5 Å². The molecule has 4 rings (SSSR count). The van der Waals surface area contributed by atoms with Gasteiger partial charge < -0.3 is 34.4 Å². The lowest BCUT2D eigenvalue weighted by Crippen LogP contribution is -2.48. The van der Waals surface area contributed by atoms with Gasteiger partial charge >= 0.3 is 6.03 Å². The zero-order valence-corrected chi connectivity index (χ0v) is 29.7. The average molecular weight is 703 g/mol. The third-order valence-corrected chi connectivity index (χ3v) is 11.0. The molecule has 262 valence electrons. The van der Waals surface area contributed by atoms with Crippen molar-refractivity contribution in [2.75, 3.05) is 50.5 Å². The molecule has 3 aromatic rings. The van der Waals surface area contributed by atoms with Crippen molar-refractivity contribution in [2.24, 2.45) is 5.92 Å². The fourth-order valence-electron chi connectivity index (χ4n) is 5.32. The molecule has 12 nitrogen and oxygen atoms in total. The number of aliphatic hydroxyl groups is 1. The molecule has 3 amide bonds. The number of carbonyl (C=O) groups excluding carboxylic acids is 2. The van der Waals surface area contributed by atoms with Crippen LogP contribution in [0.15, 0.2) is 64.2 Å². The number of urea groups is 1. The quantitative estimate of drug-likeness (QED) is 0.264. The maximum Gasteiger partial charge on any atom is 0.321 e. The molecule has 4 atom stereocenters. The van der Waals surface area contributed by atoms with Crippen LogP contribution in [0.1, 0.15) is 50.4 Å². The molecule has 0 unspecified atom stereocenters. The molecular weight excluding hydrogens is 657 g/mol. The van der Waals surface area contributed by atoms with Crippen LogP contribution in [0.3, 0.4) is 0 Å². The van der Waals surface area contributed by atoms with Crippen molar-refractivity contribution >= 4 is 44.7 Å². The van der Waals surface area contributed by atoms with Crippen molar-refractivity contribution in [1.82, 2.24) is 9.80 Å². The molecule has 2 aromatic carbocycles. The molecule has 3 N–H and O–H groups in total. The number of rotatable bonds is 9. The number of thiophene rings is 1. The number of ether oxygens (including phenoxy) is 3. The molecule has 1 aliphatic rings. The van der Waals surface area contributed by atoms with Crippen molar-refractivity contribution in [3.63, 3.8) is 0 Å². The number of amides is 3. The van der Waals surface area contributed by atoms with E-state index in [0.717, 1.165) is 24.2 Å². The van der Waals surface area contributed by atoms with Gasteiger partial charge in [-0.1, -0.05) is 13.0 Å². The molecule has 2 heterocycles. The number of sulfonamides is 1. The minimum Gasteiger partial charge on any atom is -0.497 e. The lowest BCUT2D eigenvalue weighted by atomic mass is 10.0. The van der Waals surface area contributed by atoms with Gasteiger partial charge in [-0.3, -0.25) is 9.52 Å². The van der Waals surface area contributed by atoms with Crippen molar-refractivity contribution in [1.29, 1.82) is 0 Å². The number of aliphatic hydroxyl groups excluding tert-OH is 1. The van der Waals surface area contributed by atoms with Gasteiger partial charge in [0.1, 0.15) is 15.7 Å². The van der Waals surface area contributed by atoms with E-state index < -0.39 is 28.1 Å². The molecule has 0 saturated heterocycles. The first kappa shape index (κ1) is 37.0. The Labute approximate surface area is 287 Å². The van der Waals surface area contributed by atoms with E-state index in [1.165, 1.54) is 12.1 Å². The van der Waals surface area contributed by atoms with E-state index >= 15 is 0 Å². The Morgan fingerprint density at radius 3 is 2.54 bits per heavy atom. The summed E-state index contributed by atoms with van der Waals surface area (Å²) in [7, 11) is -0.599. The Morgan fingerprint density at radius 1 is 1.15 bits per heavy atom. The standard InChI is InChI=1S/C34H46N4O8S2/c1-23-20-38(24(2)22-39)33(40)29-19-27(36-48(42,43)32-10-8-18-47-32)13-16-30(29)46-25(3)9-6-7-17-45-31(23)21-37(4)34(41)35-26-11-14-28(44-5)15-12-26/h8,10-16,18-19,23-25,31,36,39H,6-7,9,17,20-22H2,1-5H3,(H,35,41)/t23-,24-,25-,31+/m0/s1. The molecule has 14 heteroatoms. The zero-order chi connectivity index (χ0) is 34.8. The number of anilines is 2. The highest BCUT2D eigenvalue weighted by molar-refractivity contribution is 7.94. The van der Waals surface area contributed by atoms with Crippen LogP contribution in [0.4, 0.5) is 16.2 Å². The smallest absolute Gasteiger partial charge is 0.321 e. The summed E-state index contributed by atoms with van der Waals surface area (Å²) in [4.78, 5) is 30.6. The number of carbonyl (C=O) groups is 2. The van der Waals surface area contributed by atoms with E-state index in [4.69, 9.17) is 14.2 Å². The first-order valence-electron chi connectivity index (χ1n) is 16.0. The van der Waals surface area contributed by atoms with Gasteiger partial charge in [-0.25, -0.2) is 13.2 Å². The number of hydrogen-bond donors (Lipinski definition) is 3. The van der Waals surface area contributed by atoms with Crippen LogP contribution in [0.25, 0.3) is 0 Å². The highest BCUT2D eigenvalue weighted by Crippen LogP contribution is 2.30. The number of benzene rings is 2. The summed E-state index contributed by atoms with van der Waals surface area (Å²) in [6.07, 6.45) is 1.61. The summed E-state index contributed by atoms with van der Waals surface area (Å²) in [5, 5.41) is 14.8. The van der Waals surface area contributed by atoms with E-state index in [0.29, 0.717) is 30.2 Å². The molecule has 0 radical (unpaired) electrons. The van der Waals surface area contributed by atoms with Crippen LogP contribution in [0, 0.1) is 5.92 Å². The normalized spacial score (nSPS) is 20.1. The number of methoxy groups -OCH3 is 1. The monoisotopic (exact) mass is 702 g/mol. The van der Waals surface area contributed by atoms with E-state index in [9.17, 15) is 23.1 Å². The maximum absolute atomic E-state index is 14.3. The fourth-order valence-corrected chi connectivity index (χ4v) is 7.36. The Balaban J connectivity index is 1.60. The summed E-state index contributed by atoms with van der Waals surface area (Å²) in [6, 6.07) is 14.0. The molecule has 0 saturated carbocycles. The van der Waals surface area contributed by atoms with E-state index in [1.807, 2.05) is 13.8 Å². The highest BCUT2D eigenvalue weighted by atomic mass is 32.2. The van der Waals surface area contributed by atoms with Crippen LogP contribution in [-0.2, 0) is 14.8 Å². The van der Waals surface area contributed by atoms with E-state index in [2.05, 4.69) is 10.0 Å². The Bertz CT molecular complexity index is 1600. The number of fused-ring (bicyclic) bond motifs is 1. The van der Waals surface area contributed by atoms with Crippen LogP contribution in [-0.4, -0.2) is 94.0 Å². The van der Waals surface area contributed by atoms with Crippen molar-refractivity contribution < 1.29 is 37.3 Å². The number of nitrogens with one attached hydrogen (secondary N) is 2. The fraction of sp³-hybridized carbons (Fsp3) is 0.471. The van der Waals surface area contributed by atoms with Gasteiger partial charge in [-0.05, 0) is 87.0 Å². The lowest BCUT2D eigenvalue weighted by molar-refractivity contribution is -0.0115. The van der Waals surface area contributed by atoms with Crippen LogP contribution in [0.2, 0.25) is 0 Å². The van der Waals surface area contributed by atoms with Gasteiger partial charge in [-0.2, -0.15) is 0 Å². The molecule has 0 bridgehead atoms. The van der Waals surface area contributed by atoms with E-state index in [1.54, 1.807) is 78.7 Å². The maximum atomic E-state index is 14.3.